The first-order valence-corrected chi connectivity index (χ1v) is 8.34. The molecule has 2 aromatic heterocycles. The zero-order valence-corrected chi connectivity index (χ0v) is 13.3. The van der Waals surface area contributed by atoms with Crippen molar-refractivity contribution in [3.05, 3.63) is 36.9 Å². The van der Waals surface area contributed by atoms with E-state index >= 15 is 0 Å². The van der Waals surface area contributed by atoms with Gasteiger partial charge < -0.3 is 4.90 Å². The van der Waals surface area contributed by atoms with Crippen molar-refractivity contribution in [1.82, 2.24) is 29.5 Å². The molecule has 0 aliphatic carbocycles. The molecule has 0 spiro atoms. The second-order valence-electron chi connectivity index (χ2n) is 6.25. The van der Waals surface area contributed by atoms with E-state index in [9.17, 15) is 0 Å². The highest BCUT2D eigenvalue weighted by Crippen LogP contribution is 2.18. The topological polar surface area (TPSA) is 53.3 Å². The lowest BCUT2D eigenvalue weighted by atomic mass is 10.1. The first kappa shape index (κ1) is 14.6. The van der Waals surface area contributed by atoms with Gasteiger partial charge in [0.25, 0.3) is 0 Å². The quantitative estimate of drug-likeness (QED) is 0.785. The average Bonchev–Trinajstić information content (AvgIpc) is 3.08. The fraction of sp³-hybridized carbons (Fsp3) is 0.562. The zero-order chi connectivity index (χ0) is 15.5. The lowest BCUT2D eigenvalue weighted by Crippen LogP contribution is -2.63. The van der Waals surface area contributed by atoms with Gasteiger partial charge in [-0.05, 0) is 12.1 Å². The Morgan fingerprint density at radius 1 is 0.913 bits per heavy atom. The average molecular weight is 313 g/mol. The molecule has 0 aromatic carbocycles. The smallest absolute Gasteiger partial charge is 0.225 e. The number of aromatic nitrogens is 4. The predicted octanol–water partition coefficient (Wildman–Crippen LogP) is 0.180. The summed E-state index contributed by atoms with van der Waals surface area (Å²) in [5.41, 5.74) is 0. The first-order chi connectivity index (χ1) is 11.4. The number of anilines is 1. The maximum Gasteiger partial charge on any atom is 0.225 e. The number of hydrogen-bond donors (Lipinski definition) is 0. The van der Waals surface area contributed by atoms with Gasteiger partial charge in [0.15, 0.2) is 0 Å². The minimum Gasteiger partial charge on any atom is -0.338 e. The molecule has 2 aliphatic heterocycles. The summed E-state index contributed by atoms with van der Waals surface area (Å²) in [6.45, 7) is 8.70. The van der Waals surface area contributed by atoms with Gasteiger partial charge >= 0.3 is 0 Å². The van der Waals surface area contributed by atoms with E-state index in [0.717, 1.165) is 45.2 Å². The SMILES string of the molecule is c1cnc(N2CCN(C3CN(CCn4cccn4)C3)CC2)nc1. The fourth-order valence-corrected chi connectivity index (χ4v) is 3.37. The summed E-state index contributed by atoms with van der Waals surface area (Å²) in [6.07, 6.45) is 7.51. The predicted molar refractivity (Wildman–Crippen MR) is 88.3 cm³/mol. The lowest BCUT2D eigenvalue weighted by Gasteiger charge is -2.48. The molecule has 0 unspecified atom stereocenters. The second kappa shape index (κ2) is 6.64. The summed E-state index contributed by atoms with van der Waals surface area (Å²) < 4.78 is 2.01. The Bertz CT molecular complexity index is 586. The van der Waals surface area contributed by atoms with Gasteiger partial charge in [0.2, 0.25) is 5.95 Å². The van der Waals surface area contributed by atoms with E-state index in [0.29, 0.717) is 6.04 Å². The van der Waals surface area contributed by atoms with E-state index in [2.05, 4.69) is 29.8 Å². The van der Waals surface area contributed by atoms with Crippen molar-refractivity contribution in [3.8, 4) is 0 Å². The van der Waals surface area contributed by atoms with Crippen LogP contribution in [0.25, 0.3) is 0 Å². The largest absolute Gasteiger partial charge is 0.338 e. The van der Waals surface area contributed by atoms with Crippen molar-refractivity contribution < 1.29 is 0 Å². The molecular formula is C16H23N7. The van der Waals surface area contributed by atoms with E-state index in [-0.39, 0.29) is 0 Å². The van der Waals surface area contributed by atoms with Gasteiger partial charge in [0, 0.05) is 76.6 Å². The van der Waals surface area contributed by atoms with Gasteiger partial charge in [-0.3, -0.25) is 14.5 Å². The highest BCUT2D eigenvalue weighted by molar-refractivity contribution is 5.29. The molecule has 2 aromatic rings. The lowest BCUT2D eigenvalue weighted by molar-refractivity contribution is 0.0281. The van der Waals surface area contributed by atoms with E-state index in [1.165, 1.54) is 13.1 Å². The van der Waals surface area contributed by atoms with Crippen LogP contribution in [0.5, 0.6) is 0 Å². The molecule has 7 nitrogen and oxygen atoms in total. The van der Waals surface area contributed by atoms with Crippen molar-refractivity contribution in [2.75, 3.05) is 50.7 Å². The second-order valence-corrected chi connectivity index (χ2v) is 6.25. The molecule has 122 valence electrons. The van der Waals surface area contributed by atoms with Gasteiger partial charge in [-0.2, -0.15) is 5.10 Å². The van der Waals surface area contributed by atoms with Gasteiger partial charge in [-0.15, -0.1) is 0 Å². The third kappa shape index (κ3) is 3.35. The molecule has 7 heteroatoms. The van der Waals surface area contributed by atoms with Gasteiger partial charge in [0.05, 0.1) is 6.54 Å². The number of piperazine rings is 1. The summed E-state index contributed by atoms with van der Waals surface area (Å²) >= 11 is 0. The van der Waals surface area contributed by atoms with Crippen LogP contribution in [-0.2, 0) is 6.54 Å². The Morgan fingerprint density at radius 2 is 1.70 bits per heavy atom. The van der Waals surface area contributed by atoms with Crippen LogP contribution in [0.3, 0.4) is 0 Å². The normalized spacial score (nSPS) is 20.6. The van der Waals surface area contributed by atoms with Crippen molar-refractivity contribution >= 4 is 5.95 Å². The van der Waals surface area contributed by atoms with Crippen LogP contribution in [0.1, 0.15) is 0 Å². The van der Waals surface area contributed by atoms with Gasteiger partial charge in [0.1, 0.15) is 0 Å². The van der Waals surface area contributed by atoms with Gasteiger partial charge in [-0.1, -0.05) is 0 Å². The third-order valence-corrected chi connectivity index (χ3v) is 4.81. The summed E-state index contributed by atoms with van der Waals surface area (Å²) in [5, 5.41) is 4.25. The molecule has 0 atom stereocenters. The zero-order valence-electron chi connectivity index (χ0n) is 13.3. The van der Waals surface area contributed by atoms with Crippen molar-refractivity contribution in [2.24, 2.45) is 0 Å². The van der Waals surface area contributed by atoms with Crippen molar-refractivity contribution in [2.45, 2.75) is 12.6 Å². The van der Waals surface area contributed by atoms with Crippen LogP contribution in [0, 0.1) is 0 Å². The highest BCUT2D eigenvalue weighted by atomic mass is 15.4. The van der Waals surface area contributed by atoms with E-state index in [1.54, 1.807) is 0 Å². The number of nitrogens with zero attached hydrogens (tertiary/aromatic N) is 7. The van der Waals surface area contributed by atoms with Crippen molar-refractivity contribution in [3.63, 3.8) is 0 Å². The van der Waals surface area contributed by atoms with Crippen molar-refractivity contribution in [1.29, 1.82) is 0 Å². The third-order valence-electron chi connectivity index (χ3n) is 4.81. The van der Waals surface area contributed by atoms with E-state index in [4.69, 9.17) is 0 Å². The molecule has 2 saturated heterocycles. The van der Waals surface area contributed by atoms with Crippen LogP contribution in [0.15, 0.2) is 36.9 Å². The molecule has 0 saturated carbocycles. The molecule has 4 rings (SSSR count). The monoisotopic (exact) mass is 313 g/mol. The van der Waals surface area contributed by atoms with Crippen LogP contribution in [0.2, 0.25) is 0 Å². The maximum atomic E-state index is 4.35. The van der Waals surface area contributed by atoms with E-state index < -0.39 is 0 Å². The minimum absolute atomic E-state index is 0.714. The summed E-state index contributed by atoms with van der Waals surface area (Å²) in [7, 11) is 0. The van der Waals surface area contributed by atoms with Crippen LogP contribution in [-0.4, -0.2) is 81.4 Å². The molecule has 0 amide bonds. The summed E-state index contributed by atoms with van der Waals surface area (Å²) in [6, 6.07) is 4.56. The fourth-order valence-electron chi connectivity index (χ4n) is 3.37. The molecule has 2 aliphatic rings. The van der Waals surface area contributed by atoms with Gasteiger partial charge in [-0.25, -0.2) is 9.97 Å². The number of rotatable bonds is 5. The molecule has 4 heterocycles. The van der Waals surface area contributed by atoms with Crippen LogP contribution < -0.4 is 4.90 Å². The van der Waals surface area contributed by atoms with E-state index in [1.807, 2.05) is 41.6 Å². The van der Waals surface area contributed by atoms with Crippen LogP contribution >= 0.6 is 0 Å². The maximum absolute atomic E-state index is 4.35. The Morgan fingerprint density at radius 3 is 2.39 bits per heavy atom. The molecule has 23 heavy (non-hydrogen) atoms. The standard InChI is InChI=1S/C16H23N7/c1-3-17-16(18-4-1)22-10-8-21(9-11-22)15-13-20(14-15)7-12-23-6-2-5-19-23/h1-6,15H,7-14H2. The molecule has 0 N–H and O–H groups in total. The Hall–Kier alpha value is -1.99. The molecular weight excluding hydrogens is 290 g/mol. The number of hydrogen-bond acceptors (Lipinski definition) is 6. The summed E-state index contributed by atoms with van der Waals surface area (Å²) in [4.78, 5) is 16.1. The Balaban J connectivity index is 1.19. The minimum atomic E-state index is 0.714. The molecule has 2 fully saturated rings. The highest BCUT2D eigenvalue weighted by Gasteiger charge is 2.33. The van der Waals surface area contributed by atoms with Crippen LogP contribution in [0.4, 0.5) is 5.95 Å². The Kier molecular flexibility index (Phi) is 4.21. The molecule has 0 bridgehead atoms. The number of likely N-dealkylation sites (tertiary alicyclic amines) is 1. The summed E-state index contributed by atoms with van der Waals surface area (Å²) in [5.74, 6) is 0.863. The first-order valence-electron chi connectivity index (χ1n) is 8.34. The molecule has 0 radical (unpaired) electrons. The Labute approximate surface area is 136 Å².